The number of benzene rings is 1. The minimum absolute atomic E-state index is 0.302. The van der Waals surface area contributed by atoms with Crippen LogP contribution in [0, 0.1) is 0 Å². The van der Waals surface area contributed by atoms with E-state index in [1.165, 1.54) is 0 Å². The predicted octanol–water partition coefficient (Wildman–Crippen LogP) is 2.32. The second kappa shape index (κ2) is 4.04. The molecule has 2 rings (SSSR count). The van der Waals surface area contributed by atoms with E-state index >= 15 is 0 Å². The minimum Gasteiger partial charge on any atom is -0.493 e. The normalized spacial score (nSPS) is 10.2. The number of ether oxygens (including phenoxy) is 1. The fourth-order valence-electron chi connectivity index (χ4n) is 1.38. The van der Waals surface area contributed by atoms with Gasteiger partial charge in [0.25, 0.3) is 0 Å². The SMILES string of the molecule is CCOc1ccccc1-c1cc(N)on1. The Morgan fingerprint density at radius 2 is 2.20 bits per heavy atom. The van der Waals surface area contributed by atoms with Gasteiger partial charge in [-0.25, -0.2) is 0 Å². The van der Waals surface area contributed by atoms with Crippen LogP contribution < -0.4 is 10.5 Å². The lowest BCUT2D eigenvalue weighted by Gasteiger charge is -2.06. The Morgan fingerprint density at radius 1 is 1.40 bits per heavy atom. The van der Waals surface area contributed by atoms with Gasteiger partial charge < -0.3 is 15.0 Å². The Kier molecular flexibility index (Phi) is 2.58. The Labute approximate surface area is 87.6 Å². The number of nitrogen functional groups attached to an aromatic ring is 1. The van der Waals surface area contributed by atoms with Crippen molar-refractivity contribution in [1.82, 2.24) is 5.16 Å². The predicted molar refractivity (Wildman–Crippen MR) is 57.5 cm³/mol. The van der Waals surface area contributed by atoms with E-state index in [4.69, 9.17) is 15.0 Å². The molecule has 1 aromatic carbocycles. The van der Waals surface area contributed by atoms with Crippen LogP contribution in [0.3, 0.4) is 0 Å². The molecule has 0 spiro atoms. The standard InChI is InChI=1S/C11H12N2O2/c1-2-14-10-6-4-3-5-8(10)9-7-11(12)15-13-9/h3-7H,2,12H2,1H3. The first-order chi connectivity index (χ1) is 7.31. The van der Waals surface area contributed by atoms with Crippen molar-refractivity contribution in [3.05, 3.63) is 30.3 Å². The number of nitrogens with zero attached hydrogens (tertiary/aromatic N) is 1. The second-order valence-corrected chi connectivity index (χ2v) is 3.04. The first-order valence-corrected chi connectivity index (χ1v) is 4.75. The number of para-hydroxylation sites is 1. The summed E-state index contributed by atoms with van der Waals surface area (Å²) in [6.45, 7) is 2.55. The highest BCUT2D eigenvalue weighted by Gasteiger charge is 2.09. The zero-order valence-corrected chi connectivity index (χ0v) is 8.43. The van der Waals surface area contributed by atoms with Gasteiger partial charge in [0.1, 0.15) is 11.4 Å². The quantitative estimate of drug-likeness (QED) is 0.833. The highest BCUT2D eigenvalue weighted by molar-refractivity contribution is 5.68. The van der Waals surface area contributed by atoms with E-state index in [0.29, 0.717) is 18.2 Å². The van der Waals surface area contributed by atoms with Crippen molar-refractivity contribution in [1.29, 1.82) is 0 Å². The molecule has 0 fully saturated rings. The molecule has 15 heavy (non-hydrogen) atoms. The summed E-state index contributed by atoms with van der Waals surface area (Å²) in [7, 11) is 0. The lowest BCUT2D eigenvalue weighted by atomic mass is 10.1. The van der Waals surface area contributed by atoms with Crippen molar-refractivity contribution in [2.24, 2.45) is 0 Å². The zero-order valence-electron chi connectivity index (χ0n) is 8.43. The molecule has 0 aliphatic carbocycles. The maximum Gasteiger partial charge on any atom is 0.222 e. The summed E-state index contributed by atoms with van der Waals surface area (Å²) >= 11 is 0. The Balaban J connectivity index is 2.42. The van der Waals surface area contributed by atoms with Gasteiger partial charge in [-0.15, -0.1) is 0 Å². The van der Waals surface area contributed by atoms with Gasteiger partial charge in [-0.05, 0) is 19.1 Å². The van der Waals surface area contributed by atoms with E-state index in [2.05, 4.69) is 5.16 Å². The highest BCUT2D eigenvalue weighted by atomic mass is 16.5. The monoisotopic (exact) mass is 204 g/mol. The van der Waals surface area contributed by atoms with E-state index in [1.807, 2.05) is 31.2 Å². The van der Waals surface area contributed by atoms with Crippen LogP contribution in [0.1, 0.15) is 6.92 Å². The molecule has 1 aromatic heterocycles. The van der Waals surface area contributed by atoms with Gasteiger partial charge in [-0.1, -0.05) is 17.3 Å². The summed E-state index contributed by atoms with van der Waals surface area (Å²) in [6, 6.07) is 9.32. The molecule has 0 saturated carbocycles. The first kappa shape index (κ1) is 9.58. The number of nitrogens with two attached hydrogens (primary N) is 1. The van der Waals surface area contributed by atoms with Gasteiger partial charge in [-0.2, -0.15) is 0 Å². The van der Waals surface area contributed by atoms with Crippen LogP contribution in [0.25, 0.3) is 11.3 Å². The van der Waals surface area contributed by atoms with E-state index in [1.54, 1.807) is 6.07 Å². The third kappa shape index (κ3) is 1.93. The Bertz CT molecular complexity index is 451. The summed E-state index contributed by atoms with van der Waals surface area (Å²) in [4.78, 5) is 0. The second-order valence-electron chi connectivity index (χ2n) is 3.04. The molecule has 0 aliphatic heterocycles. The van der Waals surface area contributed by atoms with E-state index < -0.39 is 0 Å². The van der Waals surface area contributed by atoms with E-state index in [-0.39, 0.29) is 0 Å². The summed E-state index contributed by atoms with van der Waals surface area (Å²) in [5.74, 6) is 1.09. The summed E-state index contributed by atoms with van der Waals surface area (Å²) in [5.41, 5.74) is 7.05. The fraction of sp³-hybridized carbons (Fsp3) is 0.182. The number of aromatic nitrogens is 1. The lowest BCUT2D eigenvalue weighted by molar-refractivity contribution is 0.341. The smallest absolute Gasteiger partial charge is 0.222 e. The summed E-state index contributed by atoms with van der Waals surface area (Å²) < 4.78 is 10.3. The molecule has 0 radical (unpaired) electrons. The zero-order chi connectivity index (χ0) is 10.7. The maximum absolute atomic E-state index is 5.48. The van der Waals surface area contributed by atoms with Crippen LogP contribution in [0.2, 0.25) is 0 Å². The molecule has 0 unspecified atom stereocenters. The Morgan fingerprint density at radius 3 is 2.87 bits per heavy atom. The molecular weight excluding hydrogens is 192 g/mol. The molecule has 78 valence electrons. The molecule has 0 bridgehead atoms. The van der Waals surface area contributed by atoms with Crippen molar-refractivity contribution < 1.29 is 9.26 Å². The topological polar surface area (TPSA) is 61.3 Å². The third-order valence-corrected chi connectivity index (χ3v) is 1.99. The average Bonchev–Trinajstić information content (AvgIpc) is 2.66. The number of hydrogen-bond acceptors (Lipinski definition) is 4. The fourth-order valence-corrected chi connectivity index (χ4v) is 1.38. The molecule has 0 saturated heterocycles. The van der Waals surface area contributed by atoms with Gasteiger partial charge in [0.2, 0.25) is 5.88 Å². The Hall–Kier alpha value is -1.97. The van der Waals surface area contributed by atoms with Gasteiger partial charge in [0.15, 0.2) is 0 Å². The van der Waals surface area contributed by atoms with Crippen LogP contribution >= 0.6 is 0 Å². The maximum atomic E-state index is 5.48. The summed E-state index contributed by atoms with van der Waals surface area (Å²) in [5, 5.41) is 3.85. The molecule has 2 N–H and O–H groups in total. The van der Waals surface area contributed by atoms with Crippen LogP contribution in [0.15, 0.2) is 34.9 Å². The van der Waals surface area contributed by atoms with Crippen molar-refractivity contribution in [2.75, 3.05) is 12.3 Å². The number of hydrogen-bond donors (Lipinski definition) is 1. The average molecular weight is 204 g/mol. The molecule has 0 atom stereocenters. The van der Waals surface area contributed by atoms with Crippen LogP contribution in [-0.2, 0) is 0 Å². The highest BCUT2D eigenvalue weighted by Crippen LogP contribution is 2.29. The third-order valence-electron chi connectivity index (χ3n) is 1.99. The van der Waals surface area contributed by atoms with Gasteiger partial charge in [-0.3, -0.25) is 0 Å². The molecule has 2 aromatic rings. The van der Waals surface area contributed by atoms with Crippen molar-refractivity contribution >= 4 is 5.88 Å². The van der Waals surface area contributed by atoms with Crippen molar-refractivity contribution in [2.45, 2.75) is 6.92 Å². The van der Waals surface area contributed by atoms with Crippen molar-refractivity contribution in [3.63, 3.8) is 0 Å². The largest absolute Gasteiger partial charge is 0.493 e. The van der Waals surface area contributed by atoms with Crippen LogP contribution in [-0.4, -0.2) is 11.8 Å². The lowest BCUT2D eigenvalue weighted by Crippen LogP contribution is -1.93. The van der Waals surface area contributed by atoms with E-state index in [0.717, 1.165) is 11.3 Å². The molecule has 4 nitrogen and oxygen atoms in total. The van der Waals surface area contributed by atoms with Gasteiger partial charge >= 0.3 is 0 Å². The molecular formula is C11H12N2O2. The molecule has 1 heterocycles. The van der Waals surface area contributed by atoms with Crippen LogP contribution in [0.5, 0.6) is 5.75 Å². The number of anilines is 1. The van der Waals surface area contributed by atoms with Crippen LogP contribution in [0.4, 0.5) is 5.88 Å². The van der Waals surface area contributed by atoms with Gasteiger partial charge in [0.05, 0.1) is 6.61 Å². The number of rotatable bonds is 3. The summed E-state index contributed by atoms with van der Waals surface area (Å²) in [6.07, 6.45) is 0. The molecule has 0 amide bonds. The van der Waals surface area contributed by atoms with E-state index in [9.17, 15) is 0 Å². The first-order valence-electron chi connectivity index (χ1n) is 4.75. The van der Waals surface area contributed by atoms with Gasteiger partial charge in [0, 0.05) is 11.6 Å². The van der Waals surface area contributed by atoms with Crippen molar-refractivity contribution in [3.8, 4) is 17.0 Å². The molecule has 4 heteroatoms. The minimum atomic E-state index is 0.302. The molecule has 0 aliphatic rings.